The van der Waals surface area contributed by atoms with Crippen LogP contribution in [-0.4, -0.2) is 28.8 Å². The van der Waals surface area contributed by atoms with Gasteiger partial charge in [0.05, 0.1) is 0 Å². The minimum atomic E-state index is -1.89. The van der Waals surface area contributed by atoms with Crippen molar-refractivity contribution in [2.24, 2.45) is 35.5 Å². The Bertz CT molecular complexity index is 779. The van der Waals surface area contributed by atoms with Crippen LogP contribution in [-0.2, 0) is 8.85 Å². The van der Waals surface area contributed by atoms with Crippen LogP contribution in [0.3, 0.4) is 0 Å². The van der Waals surface area contributed by atoms with E-state index in [4.69, 9.17) is 8.85 Å². The lowest BCUT2D eigenvalue weighted by Gasteiger charge is -2.42. The van der Waals surface area contributed by atoms with Crippen LogP contribution in [0.25, 0.3) is 0 Å². The van der Waals surface area contributed by atoms with E-state index >= 15 is 0 Å². The lowest BCUT2D eigenvalue weighted by Crippen LogP contribution is -2.48. The predicted octanol–water partition coefficient (Wildman–Crippen LogP) is 12.1. The summed E-state index contributed by atoms with van der Waals surface area (Å²) in [7, 11) is -3.78. The van der Waals surface area contributed by atoms with Crippen molar-refractivity contribution >= 4 is 16.6 Å². The number of hydrogen-bond donors (Lipinski definition) is 0. The van der Waals surface area contributed by atoms with E-state index in [1.165, 1.54) is 77.0 Å². The van der Waals surface area contributed by atoms with Gasteiger partial charge in [-0.1, -0.05) is 93.2 Å². The van der Waals surface area contributed by atoms with Crippen LogP contribution in [0.2, 0.25) is 34.3 Å². The largest absolute Gasteiger partial charge is 0.413 e. The van der Waals surface area contributed by atoms with Crippen LogP contribution in [0.1, 0.15) is 132 Å². The topological polar surface area (TPSA) is 18.5 Å². The second kappa shape index (κ2) is 14.9. The summed E-state index contributed by atoms with van der Waals surface area (Å²) < 4.78 is 15.0. The van der Waals surface area contributed by atoms with E-state index in [1.54, 1.807) is 0 Å². The molecule has 0 aromatic carbocycles. The first-order valence-electron chi connectivity index (χ1n) is 18.6. The summed E-state index contributed by atoms with van der Waals surface area (Å²) in [5.41, 5.74) is 2.57. The number of fused-ring (bicyclic) bond motifs is 2. The molecule has 0 spiro atoms. The lowest BCUT2D eigenvalue weighted by atomic mass is 9.73. The summed E-state index contributed by atoms with van der Waals surface area (Å²) in [5.74, 6) is 5.17. The monoisotopic (exact) mass is 614 g/mol. The molecule has 0 saturated heterocycles. The molecule has 4 aliphatic carbocycles. The van der Waals surface area contributed by atoms with Crippen LogP contribution in [0.5, 0.6) is 0 Å². The van der Waals surface area contributed by atoms with Crippen LogP contribution in [0.15, 0.2) is 25.3 Å². The third-order valence-electron chi connectivity index (χ3n) is 13.5. The Kier molecular flexibility index (Phi) is 12.4. The molecule has 4 fully saturated rings. The van der Waals surface area contributed by atoms with Crippen LogP contribution in [0, 0.1) is 35.5 Å². The minimum absolute atomic E-state index is 0.501. The zero-order valence-electron chi connectivity index (χ0n) is 29.2. The fourth-order valence-electron chi connectivity index (χ4n) is 11.1. The van der Waals surface area contributed by atoms with E-state index in [0.717, 1.165) is 47.6 Å². The van der Waals surface area contributed by atoms with Gasteiger partial charge in [0.25, 0.3) is 0 Å². The molecule has 0 aromatic heterocycles. The second-order valence-corrected chi connectivity index (χ2v) is 26.3. The third kappa shape index (κ3) is 6.97. The van der Waals surface area contributed by atoms with E-state index < -0.39 is 16.6 Å². The first-order valence-corrected chi connectivity index (χ1v) is 23.1. The lowest BCUT2D eigenvalue weighted by molar-refractivity contribution is 0.1000. The molecular formula is C38H70O2Si2. The molecule has 8 unspecified atom stereocenters. The molecule has 4 aliphatic rings. The van der Waals surface area contributed by atoms with E-state index in [2.05, 4.69) is 80.7 Å². The maximum atomic E-state index is 7.50. The number of rotatable bonds is 15. The molecule has 0 aromatic rings. The van der Waals surface area contributed by atoms with Gasteiger partial charge in [0, 0.05) is 12.2 Å². The van der Waals surface area contributed by atoms with Gasteiger partial charge in [-0.3, -0.25) is 0 Å². The average molecular weight is 615 g/mol. The van der Waals surface area contributed by atoms with Gasteiger partial charge >= 0.3 is 0 Å². The summed E-state index contributed by atoms with van der Waals surface area (Å²) >= 11 is 0. The Morgan fingerprint density at radius 2 is 0.857 bits per heavy atom. The fraction of sp³-hybridized carbons (Fsp3) is 0.895. The Labute approximate surface area is 264 Å². The average Bonchev–Trinajstić information content (AvgIpc) is 3.48. The summed E-state index contributed by atoms with van der Waals surface area (Å²) in [6.45, 7) is 27.9. The van der Waals surface area contributed by atoms with Crippen LogP contribution in [0.4, 0.5) is 0 Å². The molecule has 0 amide bonds. The van der Waals surface area contributed by atoms with Crippen LogP contribution < -0.4 is 0 Å². The van der Waals surface area contributed by atoms with Gasteiger partial charge in [-0.05, 0) is 121 Å². The summed E-state index contributed by atoms with van der Waals surface area (Å²) in [6.07, 6.45) is 22.3. The molecule has 0 radical (unpaired) electrons. The highest BCUT2D eigenvalue weighted by Gasteiger charge is 2.52. The second-order valence-electron chi connectivity index (χ2n) is 16.6. The molecule has 4 heteroatoms. The van der Waals surface area contributed by atoms with Gasteiger partial charge in [0.2, 0.25) is 16.6 Å². The Balaban J connectivity index is 1.47. The quantitative estimate of drug-likeness (QED) is 0.135. The van der Waals surface area contributed by atoms with E-state index in [0.29, 0.717) is 34.4 Å². The maximum absolute atomic E-state index is 7.50. The SMILES string of the molecule is C=CC[Si](OC1CC(CCC2CC(O[Si](CC=C)(C(C)C)C(C)C)C3CCCCC23)C2CCCCC12)(C(C)C)C(C)C. The molecule has 242 valence electrons. The van der Waals surface area contributed by atoms with Crippen molar-refractivity contribution in [1.82, 2.24) is 0 Å². The van der Waals surface area contributed by atoms with Crippen molar-refractivity contribution in [3.05, 3.63) is 25.3 Å². The summed E-state index contributed by atoms with van der Waals surface area (Å²) in [4.78, 5) is 0. The fourth-order valence-corrected chi connectivity index (χ4v) is 19.5. The Morgan fingerprint density at radius 3 is 1.14 bits per heavy atom. The maximum Gasteiger partial charge on any atom is 0.201 e. The van der Waals surface area contributed by atoms with E-state index in [-0.39, 0.29) is 0 Å². The van der Waals surface area contributed by atoms with Gasteiger partial charge in [-0.25, -0.2) is 0 Å². The van der Waals surface area contributed by atoms with Gasteiger partial charge in [-0.15, -0.1) is 13.2 Å². The standard InChI is InChI=1S/C38H70O2Si2/c1-11-23-41(27(3)4,28(5)6)39-37-25-31(33-17-13-15-19-35(33)37)21-22-32-26-38(36-20-16-14-18-34(32)36)40-42(24-12-2,29(7)8)30(9)10/h11-12,27-38H,1-2,13-26H2,3-10H3. The van der Waals surface area contributed by atoms with Crippen molar-refractivity contribution in [2.75, 3.05) is 0 Å². The molecule has 42 heavy (non-hydrogen) atoms. The van der Waals surface area contributed by atoms with Gasteiger partial charge < -0.3 is 8.85 Å². The van der Waals surface area contributed by atoms with Crippen molar-refractivity contribution in [2.45, 2.75) is 179 Å². The Morgan fingerprint density at radius 1 is 0.548 bits per heavy atom. The predicted molar refractivity (Wildman–Crippen MR) is 188 cm³/mol. The van der Waals surface area contributed by atoms with Crippen molar-refractivity contribution in [3.63, 3.8) is 0 Å². The van der Waals surface area contributed by atoms with Crippen molar-refractivity contribution < 1.29 is 8.85 Å². The van der Waals surface area contributed by atoms with Gasteiger partial charge in [0.15, 0.2) is 0 Å². The molecule has 0 bridgehead atoms. The van der Waals surface area contributed by atoms with E-state index in [1.807, 2.05) is 0 Å². The smallest absolute Gasteiger partial charge is 0.201 e. The number of hydrogen-bond acceptors (Lipinski definition) is 2. The molecule has 8 atom stereocenters. The zero-order chi connectivity index (χ0) is 30.7. The highest BCUT2D eigenvalue weighted by Crippen LogP contribution is 2.55. The highest BCUT2D eigenvalue weighted by atomic mass is 28.4. The van der Waals surface area contributed by atoms with E-state index in [9.17, 15) is 0 Å². The molecule has 4 rings (SSSR count). The molecule has 0 heterocycles. The Hall–Kier alpha value is -0.166. The summed E-state index contributed by atoms with van der Waals surface area (Å²) in [6, 6.07) is 2.22. The first-order chi connectivity index (χ1) is 20.0. The van der Waals surface area contributed by atoms with Crippen molar-refractivity contribution in [3.8, 4) is 0 Å². The zero-order valence-corrected chi connectivity index (χ0v) is 31.2. The summed E-state index contributed by atoms with van der Waals surface area (Å²) in [5, 5.41) is 0. The molecular weight excluding hydrogens is 545 g/mol. The minimum Gasteiger partial charge on any atom is -0.413 e. The molecule has 4 saturated carbocycles. The molecule has 0 N–H and O–H groups in total. The number of allylic oxidation sites excluding steroid dienone is 2. The normalized spacial score (nSPS) is 33.9. The van der Waals surface area contributed by atoms with Gasteiger partial charge in [0.1, 0.15) is 0 Å². The van der Waals surface area contributed by atoms with Crippen molar-refractivity contribution in [1.29, 1.82) is 0 Å². The first kappa shape index (κ1) is 34.7. The molecule has 0 aliphatic heterocycles. The molecule has 2 nitrogen and oxygen atoms in total. The van der Waals surface area contributed by atoms with Gasteiger partial charge in [-0.2, -0.15) is 0 Å². The van der Waals surface area contributed by atoms with Crippen LogP contribution >= 0.6 is 0 Å². The highest BCUT2D eigenvalue weighted by molar-refractivity contribution is 6.77. The third-order valence-corrected chi connectivity index (χ3v) is 24.6.